The van der Waals surface area contributed by atoms with Gasteiger partial charge in [0.05, 0.1) is 17.3 Å². The number of nitrogens with zero attached hydrogens (tertiary/aromatic N) is 1. The fourth-order valence-electron chi connectivity index (χ4n) is 2.88. The molecular weight excluding hydrogens is 410 g/mol. The van der Waals surface area contributed by atoms with Crippen LogP contribution in [-0.4, -0.2) is 32.5 Å². The van der Waals surface area contributed by atoms with Crippen LogP contribution in [0.4, 0.5) is 5.13 Å². The van der Waals surface area contributed by atoms with Gasteiger partial charge in [-0.25, -0.2) is 18.1 Å². The van der Waals surface area contributed by atoms with Crippen LogP contribution < -0.4 is 14.8 Å². The van der Waals surface area contributed by atoms with E-state index in [2.05, 4.69) is 15.0 Å². The fourth-order valence-corrected chi connectivity index (χ4v) is 5.34. The number of anilines is 1. The lowest BCUT2D eigenvalue weighted by Crippen LogP contribution is -2.30. The van der Waals surface area contributed by atoms with Gasteiger partial charge in [0.2, 0.25) is 10.0 Å². The predicted molar refractivity (Wildman–Crippen MR) is 115 cm³/mol. The Bertz CT molecular complexity index is 1140. The van der Waals surface area contributed by atoms with Gasteiger partial charge in [0.15, 0.2) is 5.13 Å². The van der Waals surface area contributed by atoms with E-state index in [1.165, 1.54) is 36.6 Å². The summed E-state index contributed by atoms with van der Waals surface area (Å²) in [6.07, 6.45) is 0. The lowest BCUT2D eigenvalue weighted by atomic mass is 10.1. The molecule has 2 N–H and O–H groups in total. The number of aromatic nitrogens is 1. The fraction of sp³-hybridized carbons (Fsp3) is 0.300. The minimum Gasteiger partial charge on any atom is -0.495 e. The normalized spacial score (nSPS) is 11.8. The summed E-state index contributed by atoms with van der Waals surface area (Å²) < 4.78 is 33.9. The quantitative estimate of drug-likeness (QED) is 0.615. The van der Waals surface area contributed by atoms with E-state index in [9.17, 15) is 13.2 Å². The molecule has 1 aromatic heterocycles. The summed E-state index contributed by atoms with van der Waals surface area (Å²) >= 11 is 1.39. The van der Waals surface area contributed by atoms with Crippen LogP contribution in [0.15, 0.2) is 35.2 Å². The molecule has 154 valence electrons. The number of benzene rings is 2. The number of amides is 1. The molecule has 9 heteroatoms. The van der Waals surface area contributed by atoms with E-state index < -0.39 is 15.9 Å². The van der Waals surface area contributed by atoms with E-state index in [0.717, 1.165) is 21.3 Å². The van der Waals surface area contributed by atoms with E-state index >= 15 is 0 Å². The second-order valence-electron chi connectivity index (χ2n) is 6.99. The predicted octanol–water partition coefficient (Wildman–Crippen LogP) is 3.86. The smallest absolute Gasteiger partial charge is 0.257 e. The second-order valence-corrected chi connectivity index (χ2v) is 9.67. The van der Waals surface area contributed by atoms with Crippen molar-refractivity contribution in [3.05, 3.63) is 47.0 Å². The van der Waals surface area contributed by atoms with Gasteiger partial charge in [0.1, 0.15) is 10.6 Å². The van der Waals surface area contributed by atoms with Gasteiger partial charge in [-0.15, -0.1) is 0 Å². The Labute approximate surface area is 174 Å². The number of ether oxygens (including phenoxy) is 1. The first-order valence-electron chi connectivity index (χ1n) is 9.01. The number of sulfonamides is 1. The molecule has 0 spiro atoms. The van der Waals surface area contributed by atoms with Gasteiger partial charge in [0.25, 0.3) is 5.91 Å². The first-order valence-corrected chi connectivity index (χ1v) is 11.3. The monoisotopic (exact) mass is 433 g/mol. The number of thiazole rings is 1. The summed E-state index contributed by atoms with van der Waals surface area (Å²) in [5.41, 5.74) is 3.16. The molecule has 1 heterocycles. The van der Waals surface area contributed by atoms with Crippen molar-refractivity contribution < 1.29 is 17.9 Å². The summed E-state index contributed by atoms with van der Waals surface area (Å²) in [6, 6.07) is 8.01. The third-order valence-electron chi connectivity index (χ3n) is 4.27. The molecule has 0 saturated heterocycles. The van der Waals surface area contributed by atoms with Crippen LogP contribution in [0, 0.1) is 13.8 Å². The molecule has 0 saturated carbocycles. The average molecular weight is 434 g/mol. The van der Waals surface area contributed by atoms with Crippen molar-refractivity contribution in [2.24, 2.45) is 0 Å². The Morgan fingerprint density at radius 2 is 1.83 bits per heavy atom. The van der Waals surface area contributed by atoms with Crippen LogP contribution in [0.1, 0.15) is 35.3 Å². The number of aryl methyl sites for hydroxylation is 2. The van der Waals surface area contributed by atoms with Crippen molar-refractivity contribution >= 4 is 42.6 Å². The van der Waals surface area contributed by atoms with E-state index in [0.29, 0.717) is 5.13 Å². The van der Waals surface area contributed by atoms with Crippen molar-refractivity contribution in [3.8, 4) is 5.75 Å². The summed E-state index contributed by atoms with van der Waals surface area (Å²) in [5, 5.41) is 3.23. The second kappa shape index (κ2) is 8.10. The first-order chi connectivity index (χ1) is 13.6. The molecule has 0 fully saturated rings. The van der Waals surface area contributed by atoms with Crippen LogP contribution in [0.3, 0.4) is 0 Å². The van der Waals surface area contributed by atoms with Crippen LogP contribution in [0.25, 0.3) is 10.2 Å². The number of fused-ring (bicyclic) bond motifs is 1. The van der Waals surface area contributed by atoms with Crippen LogP contribution in [0.2, 0.25) is 0 Å². The van der Waals surface area contributed by atoms with Crippen molar-refractivity contribution in [1.82, 2.24) is 9.71 Å². The number of rotatable bonds is 6. The molecule has 2 aromatic carbocycles. The zero-order chi connectivity index (χ0) is 21.3. The molecule has 3 rings (SSSR count). The zero-order valence-electron chi connectivity index (χ0n) is 16.9. The summed E-state index contributed by atoms with van der Waals surface area (Å²) in [5.74, 6) is -0.274. The van der Waals surface area contributed by atoms with Crippen molar-refractivity contribution in [1.29, 1.82) is 0 Å². The minimum absolute atomic E-state index is 0.0858. The Hall–Kier alpha value is -2.49. The lowest BCUT2D eigenvalue weighted by Gasteiger charge is -2.14. The Morgan fingerprint density at radius 3 is 2.45 bits per heavy atom. The lowest BCUT2D eigenvalue weighted by molar-refractivity contribution is 0.102. The third-order valence-corrected chi connectivity index (χ3v) is 7.05. The highest BCUT2D eigenvalue weighted by atomic mass is 32.2. The van der Waals surface area contributed by atoms with Gasteiger partial charge < -0.3 is 4.74 Å². The maximum atomic E-state index is 12.8. The van der Waals surface area contributed by atoms with Crippen molar-refractivity contribution in [2.75, 3.05) is 12.4 Å². The van der Waals surface area contributed by atoms with Gasteiger partial charge in [-0.2, -0.15) is 0 Å². The third kappa shape index (κ3) is 4.42. The summed E-state index contributed by atoms with van der Waals surface area (Å²) in [4.78, 5) is 17.2. The Balaban J connectivity index is 1.95. The van der Waals surface area contributed by atoms with Crippen LogP contribution >= 0.6 is 11.3 Å². The van der Waals surface area contributed by atoms with E-state index in [1.54, 1.807) is 13.8 Å². The van der Waals surface area contributed by atoms with Gasteiger partial charge in [-0.3, -0.25) is 10.1 Å². The maximum absolute atomic E-state index is 12.8. The standard InChI is InChI=1S/C20H23N3O4S2/c1-11(2)23-29(25,26)16-10-14(8-9-15(16)27-5)19(24)22-20-21-17-12(3)6-7-13(4)18(17)28-20/h6-11,23H,1-5H3,(H,21,22,24). The van der Waals surface area contributed by atoms with E-state index in [4.69, 9.17) is 4.74 Å². The molecule has 0 atom stereocenters. The Kier molecular flexibility index (Phi) is 5.92. The average Bonchev–Trinajstić information content (AvgIpc) is 3.08. The van der Waals surface area contributed by atoms with Crippen LogP contribution in [0.5, 0.6) is 5.75 Å². The Morgan fingerprint density at radius 1 is 1.14 bits per heavy atom. The van der Waals surface area contributed by atoms with Crippen molar-refractivity contribution in [3.63, 3.8) is 0 Å². The molecular formula is C20H23N3O4S2. The van der Waals surface area contributed by atoms with Gasteiger partial charge in [-0.1, -0.05) is 23.5 Å². The number of methoxy groups -OCH3 is 1. The number of hydrogen-bond acceptors (Lipinski definition) is 6. The zero-order valence-corrected chi connectivity index (χ0v) is 18.5. The number of hydrogen-bond donors (Lipinski definition) is 2. The molecule has 7 nitrogen and oxygen atoms in total. The van der Waals surface area contributed by atoms with Gasteiger partial charge in [0, 0.05) is 11.6 Å². The topological polar surface area (TPSA) is 97.4 Å². The molecule has 0 bridgehead atoms. The largest absolute Gasteiger partial charge is 0.495 e. The molecule has 3 aromatic rings. The first kappa shape index (κ1) is 21.2. The number of carbonyl (C=O) groups is 1. The number of carbonyl (C=O) groups excluding carboxylic acids is 1. The molecule has 0 aliphatic carbocycles. The number of nitrogens with one attached hydrogen (secondary N) is 2. The molecule has 29 heavy (non-hydrogen) atoms. The minimum atomic E-state index is -3.83. The molecule has 0 radical (unpaired) electrons. The maximum Gasteiger partial charge on any atom is 0.257 e. The molecule has 0 aliphatic rings. The van der Waals surface area contributed by atoms with Gasteiger partial charge >= 0.3 is 0 Å². The highest BCUT2D eigenvalue weighted by Crippen LogP contribution is 2.31. The van der Waals surface area contributed by atoms with E-state index in [1.807, 2.05) is 26.0 Å². The SMILES string of the molecule is COc1ccc(C(=O)Nc2nc3c(C)ccc(C)c3s2)cc1S(=O)(=O)NC(C)C. The summed E-state index contributed by atoms with van der Waals surface area (Å²) in [6.45, 7) is 7.40. The highest BCUT2D eigenvalue weighted by molar-refractivity contribution is 7.89. The van der Waals surface area contributed by atoms with Crippen molar-refractivity contribution in [2.45, 2.75) is 38.6 Å². The molecule has 0 unspecified atom stereocenters. The van der Waals surface area contributed by atoms with Gasteiger partial charge in [-0.05, 0) is 57.0 Å². The van der Waals surface area contributed by atoms with Crippen LogP contribution in [-0.2, 0) is 10.0 Å². The summed E-state index contributed by atoms with van der Waals surface area (Å²) in [7, 11) is -2.45. The molecule has 1 amide bonds. The highest BCUT2D eigenvalue weighted by Gasteiger charge is 2.23. The van der Waals surface area contributed by atoms with E-state index in [-0.39, 0.29) is 22.3 Å². The molecule has 0 aliphatic heterocycles.